The van der Waals surface area contributed by atoms with E-state index in [2.05, 4.69) is 0 Å². The van der Waals surface area contributed by atoms with Crippen LogP contribution >= 0.6 is 0 Å². The maximum Gasteiger partial charge on any atom is 0.134 e. The van der Waals surface area contributed by atoms with Crippen LogP contribution in [0, 0.1) is 0 Å². The summed E-state index contributed by atoms with van der Waals surface area (Å²) in [5.74, 6) is 0.656. The summed E-state index contributed by atoms with van der Waals surface area (Å²) in [5.41, 5.74) is 0.835. The second-order valence-corrected chi connectivity index (χ2v) is 4.29. The van der Waals surface area contributed by atoms with Crippen LogP contribution in [0.1, 0.15) is 18.3 Å². The van der Waals surface area contributed by atoms with E-state index in [-0.39, 0.29) is 0 Å². The Morgan fingerprint density at radius 1 is 1.31 bits per heavy atom. The largest absolute Gasteiger partial charge is 0.458 e. The lowest BCUT2D eigenvalue weighted by Crippen LogP contribution is -2.15. The Morgan fingerprint density at radius 2 is 2.06 bits per heavy atom. The number of furan rings is 1. The fraction of sp³-hybridized carbons (Fsp3) is 0.385. The van der Waals surface area contributed by atoms with Gasteiger partial charge in [0.15, 0.2) is 0 Å². The zero-order valence-electron chi connectivity index (χ0n) is 9.68. The van der Waals surface area contributed by atoms with E-state index in [1.807, 2.05) is 49.3 Å². The lowest BCUT2D eigenvalue weighted by molar-refractivity contribution is 0.131. The van der Waals surface area contributed by atoms with Crippen LogP contribution in [0.5, 0.6) is 0 Å². The van der Waals surface area contributed by atoms with Crippen molar-refractivity contribution in [2.45, 2.75) is 12.5 Å². The molecule has 0 spiro atoms. The first-order chi connectivity index (χ1) is 7.66. The molecule has 3 nitrogen and oxygen atoms in total. The van der Waals surface area contributed by atoms with Gasteiger partial charge >= 0.3 is 0 Å². The van der Waals surface area contributed by atoms with Gasteiger partial charge in [-0.2, -0.15) is 0 Å². The molecule has 0 aliphatic heterocycles. The molecule has 16 heavy (non-hydrogen) atoms. The molecule has 86 valence electrons. The fourth-order valence-electron chi connectivity index (χ4n) is 1.69. The van der Waals surface area contributed by atoms with Crippen molar-refractivity contribution in [3.8, 4) is 0 Å². The number of aliphatic hydroxyl groups is 1. The van der Waals surface area contributed by atoms with E-state index in [0.29, 0.717) is 12.2 Å². The number of para-hydroxylation sites is 1. The molecule has 1 heterocycles. The van der Waals surface area contributed by atoms with Crippen LogP contribution in [0.3, 0.4) is 0 Å². The Hall–Kier alpha value is -1.32. The number of fused-ring (bicyclic) bond motifs is 1. The molecule has 0 amide bonds. The van der Waals surface area contributed by atoms with Crippen LogP contribution in [0.2, 0.25) is 0 Å². The normalized spacial score (nSPS) is 13.5. The Balaban J connectivity index is 2.13. The minimum Gasteiger partial charge on any atom is -0.458 e. The first-order valence-electron chi connectivity index (χ1n) is 5.48. The number of rotatable bonds is 4. The lowest BCUT2D eigenvalue weighted by atomic mass is 10.2. The van der Waals surface area contributed by atoms with Crippen molar-refractivity contribution in [3.05, 3.63) is 36.1 Å². The van der Waals surface area contributed by atoms with E-state index in [4.69, 9.17) is 4.42 Å². The summed E-state index contributed by atoms with van der Waals surface area (Å²) in [6.07, 6.45) is 0.169. The van der Waals surface area contributed by atoms with E-state index in [9.17, 15) is 5.11 Å². The van der Waals surface area contributed by atoms with Crippen molar-refractivity contribution in [1.29, 1.82) is 0 Å². The lowest BCUT2D eigenvalue weighted by Gasteiger charge is -2.12. The Bertz CT molecular complexity index is 429. The molecular weight excluding hydrogens is 202 g/mol. The third-order valence-corrected chi connectivity index (χ3v) is 2.62. The number of aliphatic hydroxyl groups excluding tert-OH is 1. The monoisotopic (exact) mass is 219 g/mol. The van der Waals surface area contributed by atoms with Crippen LogP contribution in [0.15, 0.2) is 34.7 Å². The Morgan fingerprint density at radius 3 is 2.75 bits per heavy atom. The Labute approximate surface area is 95.3 Å². The number of hydrogen-bond donors (Lipinski definition) is 1. The number of benzene rings is 1. The minimum absolute atomic E-state index is 0.519. The molecular formula is C13H17NO2. The summed E-state index contributed by atoms with van der Waals surface area (Å²) in [6.45, 7) is 0.845. The van der Waals surface area contributed by atoms with Crippen LogP contribution < -0.4 is 0 Å². The quantitative estimate of drug-likeness (QED) is 0.858. The van der Waals surface area contributed by atoms with E-state index < -0.39 is 6.10 Å². The molecule has 0 fully saturated rings. The standard InChI is InChI=1S/C13H17NO2/c1-14(2)8-7-11(15)13-9-10-5-3-4-6-12(10)16-13/h3-6,9,11,15H,7-8H2,1-2H3. The van der Waals surface area contributed by atoms with Crippen LogP contribution in [-0.4, -0.2) is 30.6 Å². The summed E-state index contributed by atoms with van der Waals surface area (Å²) < 4.78 is 5.59. The summed E-state index contributed by atoms with van der Waals surface area (Å²) in [5, 5.41) is 11.0. The van der Waals surface area contributed by atoms with Gasteiger partial charge in [-0.15, -0.1) is 0 Å². The molecule has 1 atom stereocenters. The molecule has 0 bridgehead atoms. The highest BCUT2D eigenvalue weighted by molar-refractivity contribution is 5.77. The first kappa shape index (κ1) is 11.2. The van der Waals surface area contributed by atoms with Crippen molar-refractivity contribution in [3.63, 3.8) is 0 Å². The predicted molar refractivity (Wildman–Crippen MR) is 64.3 cm³/mol. The topological polar surface area (TPSA) is 36.6 Å². The zero-order valence-corrected chi connectivity index (χ0v) is 9.68. The third kappa shape index (κ3) is 2.43. The summed E-state index contributed by atoms with van der Waals surface area (Å²) >= 11 is 0. The van der Waals surface area contributed by atoms with Gasteiger partial charge in [0.1, 0.15) is 17.4 Å². The molecule has 1 aromatic carbocycles. The average molecular weight is 219 g/mol. The van der Waals surface area contributed by atoms with Crippen molar-refractivity contribution in [1.82, 2.24) is 4.90 Å². The maximum atomic E-state index is 9.95. The van der Waals surface area contributed by atoms with Crippen molar-refractivity contribution in [2.24, 2.45) is 0 Å². The second-order valence-electron chi connectivity index (χ2n) is 4.29. The smallest absolute Gasteiger partial charge is 0.134 e. The third-order valence-electron chi connectivity index (χ3n) is 2.62. The van der Waals surface area contributed by atoms with E-state index in [1.165, 1.54) is 0 Å². The molecule has 1 unspecified atom stereocenters. The average Bonchev–Trinajstić information content (AvgIpc) is 2.69. The first-order valence-corrected chi connectivity index (χ1v) is 5.48. The summed E-state index contributed by atoms with van der Waals surface area (Å²) in [6, 6.07) is 9.71. The van der Waals surface area contributed by atoms with Gasteiger partial charge in [0.25, 0.3) is 0 Å². The zero-order chi connectivity index (χ0) is 11.5. The van der Waals surface area contributed by atoms with E-state index >= 15 is 0 Å². The van der Waals surface area contributed by atoms with Gasteiger partial charge in [-0.3, -0.25) is 0 Å². The van der Waals surface area contributed by atoms with E-state index in [0.717, 1.165) is 17.5 Å². The molecule has 2 rings (SSSR count). The van der Waals surface area contributed by atoms with Crippen LogP contribution in [0.4, 0.5) is 0 Å². The van der Waals surface area contributed by atoms with Gasteiger partial charge in [-0.1, -0.05) is 18.2 Å². The van der Waals surface area contributed by atoms with Crippen molar-refractivity contribution in [2.75, 3.05) is 20.6 Å². The van der Waals surface area contributed by atoms with Gasteiger partial charge in [-0.25, -0.2) is 0 Å². The molecule has 2 aromatic rings. The van der Waals surface area contributed by atoms with Gasteiger partial charge in [0.05, 0.1) is 0 Å². The van der Waals surface area contributed by atoms with Gasteiger partial charge in [0, 0.05) is 11.9 Å². The number of hydrogen-bond acceptors (Lipinski definition) is 3. The van der Waals surface area contributed by atoms with Crippen molar-refractivity contribution < 1.29 is 9.52 Å². The van der Waals surface area contributed by atoms with Gasteiger partial charge in [0.2, 0.25) is 0 Å². The second kappa shape index (κ2) is 4.68. The number of nitrogens with zero attached hydrogens (tertiary/aromatic N) is 1. The molecule has 0 saturated heterocycles. The predicted octanol–water partition coefficient (Wildman–Crippen LogP) is 2.42. The van der Waals surface area contributed by atoms with Crippen molar-refractivity contribution >= 4 is 11.0 Å². The SMILES string of the molecule is CN(C)CCC(O)c1cc2ccccc2o1. The summed E-state index contributed by atoms with van der Waals surface area (Å²) in [7, 11) is 3.98. The molecule has 0 saturated carbocycles. The minimum atomic E-state index is -0.519. The fourth-order valence-corrected chi connectivity index (χ4v) is 1.69. The molecule has 0 aliphatic rings. The van der Waals surface area contributed by atoms with Crippen LogP contribution in [0.25, 0.3) is 11.0 Å². The van der Waals surface area contributed by atoms with E-state index in [1.54, 1.807) is 0 Å². The Kier molecular flexibility index (Phi) is 3.27. The van der Waals surface area contributed by atoms with Gasteiger partial charge < -0.3 is 14.4 Å². The highest BCUT2D eigenvalue weighted by atomic mass is 16.4. The highest BCUT2D eigenvalue weighted by Crippen LogP contribution is 2.25. The summed E-state index contributed by atoms with van der Waals surface area (Å²) in [4.78, 5) is 2.05. The van der Waals surface area contributed by atoms with Crippen LogP contribution in [-0.2, 0) is 0 Å². The van der Waals surface area contributed by atoms with Gasteiger partial charge in [-0.05, 0) is 32.6 Å². The molecule has 0 radical (unpaired) electrons. The molecule has 1 aromatic heterocycles. The molecule has 3 heteroatoms. The highest BCUT2D eigenvalue weighted by Gasteiger charge is 2.13. The molecule has 0 aliphatic carbocycles. The maximum absolute atomic E-state index is 9.95. The molecule has 1 N–H and O–H groups in total.